The van der Waals surface area contributed by atoms with Gasteiger partial charge in [0.1, 0.15) is 0 Å². The van der Waals surface area contributed by atoms with Gasteiger partial charge >= 0.3 is 18.3 Å². The number of nitrogens with zero attached hydrogens (tertiary/aromatic N) is 3. The van der Waals surface area contributed by atoms with Crippen molar-refractivity contribution in [1.82, 2.24) is 9.55 Å². The maximum atomic E-state index is 13.7. The fourth-order valence-electron chi connectivity index (χ4n) is 3.60. The SMILES string of the molecule is CCOC(=O)c1c(-c2ccccc2C(F)(F)F)nc2n(c1=O)CC(c1ccc(C(F)(F)F)cc1)=N2. The number of rotatable bonds is 4. The van der Waals surface area contributed by atoms with Gasteiger partial charge in [0.05, 0.1) is 35.7 Å². The van der Waals surface area contributed by atoms with Crippen LogP contribution >= 0.6 is 0 Å². The molecule has 2 heterocycles. The highest BCUT2D eigenvalue weighted by Gasteiger charge is 2.37. The Bertz CT molecular complexity index is 1390. The van der Waals surface area contributed by atoms with Crippen LogP contribution in [0.5, 0.6) is 0 Å². The Kier molecular flexibility index (Phi) is 5.99. The highest BCUT2D eigenvalue weighted by Crippen LogP contribution is 2.38. The van der Waals surface area contributed by atoms with E-state index in [0.29, 0.717) is 0 Å². The number of fused-ring (bicyclic) bond motifs is 1. The smallest absolute Gasteiger partial charge is 0.417 e. The van der Waals surface area contributed by atoms with Gasteiger partial charge < -0.3 is 4.74 Å². The maximum Gasteiger partial charge on any atom is 0.417 e. The minimum Gasteiger partial charge on any atom is -0.462 e. The lowest BCUT2D eigenvalue weighted by Crippen LogP contribution is -2.29. The topological polar surface area (TPSA) is 73.5 Å². The largest absolute Gasteiger partial charge is 0.462 e. The van der Waals surface area contributed by atoms with Crippen molar-refractivity contribution in [2.75, 3.05) is 6.61 Å². The summed E-state index contributed by atoms with van der Waals surface area (Å²) in [5.41, 5.74) is -4.35. The average molecular weight is 495 g/mol. The van der Waals surface area contributed by atoms with Crippen LogP contribution in [-0.2, 0) is 23.6 Å². The third kappa shape index (κ3) is 4.55. The van der Waals surface area contributed by atoms with Crippen LogP contribution in [0, 0.1) is 0 Å². The van der Waals surface area contributed by atoms with Crippen molar-refractivity contribution in [1.29, 1.82) is 0 Å². The lowest BCUT2D eigenvalue weighted by Gasteiger charge is -2.15. The summed E-state index contributed by atoms with van der Waals surface area (Å²) in [6.07, 6.45) is -9.36. The molecule has 3 aromatic rings. The van der Waals surface area contributed by atoms with Gasteiger partial charge in [0.15, 0.2) is 5.56 Å². The van der Waals surface area contributed by atoms with Crippen molar-refractivity contribution >= 4 is 17.6 Å². The Morgan fingerprint density at radius 2 is 1.66 bits per heavy atom. The van der Waals surface area contributed by atoms with Crippen LogP contribution in [-0.4, -0.2) is 27.8 Å². The normalized spacial score (nSPS) is 13.4. The molecular formula is C23H15F6N3O3. The van der Waals surface area contributed by atoms with Crippen molar-refractivity contribution in [3.63, 3.8) is 0 Å². The second kappa shape index (κ2) is 8.67. The molecule has 1 aromatic heterocycles. The van der Waals surface area contributed by atoms with Crippen LogP contribution < -0.4 is 5.56 Å². The number of hydrogen-bond acceptors (Lipinski definition) is 5. The monoisotopic (exact) mass is 495 g/mol. The zero-order valence-corrected chi connectivity index (χ0v) is 17.9. The summed E-state index contributed by atoms with van der Waals surface area (Å²) in [5.74, 6) is -1.44. The predicted molar refractivity (Wildman–Crippen MR) is 113 cm³/mol. The molecule has 182 valence electrons. The molecule has 0 amide bonds. The Hall–Kier alpha value is -3.96. The van der Waals surface area contributed by atoms with E-state index < -0.39 is 51.8 Å². The van der Waals surface area contributed by atoms with Gasteiger partial charge in [0, 0.05) is 5.56 Å². The molecule has 0 atom stereocenters. The standard InChI is InChI=1S/C23H15F6N3O3/c1-2-35-20(34)17-18(14-5-3-4-6-15(14)23(27,28)29)31-21-30-16(11-32(21)19(17)33)12-7-9-13(10-8-12)22(24,25)26/h3-10H,2,11H2,1H3. The number of aliphatic imine (C=N–C) groups is 1. The predicted octanol–water partition coefficient (Wildman–Crippen LogP) is 5.26. The molecule has 0 unspecified atom stereocenters. The first-order valence-electron chi connectivity index (χ1n) is 10.2. The van der Waals surface area contributed by atoms with E-state index in [1.54, 1.807) is 0 Å². The molecule has 0 saturated heterocycles. The Morgan fingerprint density at radius 3 is 2.26 bits per heavy atom. The van der Waals surface area contributed by atoms with Crippen LogP contribution in [0.2, 0.25) is 0 Å². The van der Waals surface area contributed by atoms with Crippen molar-refractivity contribution in [2.45, 2.75) is 25.8 Å². The lowest BCUT2D eigenvalue weighted by atomic mass is 10.0. The second-order valence-corrected chi connectivity index (χ2v) is 7.42. The molecule has 35 heavy (non-hydrogen) atoms. The molecule has 0 radical (unpaired) electrons. The van der Waals surface area contributed by atoms with Gasteiger partial charge in [-0.15, -0.1) is 0 Å². The number of alkyl halides is 6. The fourth-order valence-corrected chi connectivity index (χ4v) is 3.60. The number of carbonyl (C=O) groups is 1. The average Bonchev–Trinajstić information content (AvgIpc) is 3.23. The molecule has 6 nitrogen and oxygen atoms in total. The minimum atomic E-state index is -4.81. The quantitative estimate of drug-likeness (QED) is 0.366. The number of esters is 1. The first kappa shape index (κ1) is 24.2. The second-order valence-electron chi connectivity index (χ2n) is 7.42. The number of hydrogen-bond donors (Lipinski definition) is 0. The molecular weight excluding hydrogens is 480 g/mol. The van der Waals surface area contributed by atoms with Gasteiger partial charge in [-0.1, -0.05) is 30.3 Å². The van der Waals surface area contributed by atoms with Crippen molar-refractivity contribution in [3.8, 4) is 11.3 Å². The number of halogens is 6. The van der Waals surface area contributed by atoms with Crippen molar-refractivity contribution < 1.29 is 35.9 Å². The number of carbonyl (C=O) groups excluding carboxylic acids is 1. The summed E-state index contributed by atoms with van der Waals surface area (Å²) >= 11 is 0. The highest BCUT2D eigenvalue weighted by molar-refractivity contribution is 6.04. The Labute approximate surface area is 193 Å². The summed E-state index contributed by atoms with van der Waals surface area (Å²) in [4.78, 5) is 34.1. The maximum absolute atomic E-state index is 13.7. The lowest BCUT2D eigenvalue weighted by molar-refractivity contribution is -0.138. The molecule has 4 rings (SSSR count). The molecule has 0 fully saturated rings. The van der Waals surface area contributed by atoms with E-state index in [9.17, 15) is 35.9 Å². The summed E-state index contributed by atoms with van der Waals surface area (Å²) < 4.78 is 85.4. The van der Waals surface area contributed by atoms with Gasteiger partial charge in [-0.25, -0.2) is 14.8 Å². The molecule has 0 aliphatic carbocycles. The Balaban J connectivity index is 1.88. The molecule has 0 bridgehead atoms. The molecule has 1 aliphatic heterocycles. The molecule has 0 N–H and O–H groups in total. The summed E-state index contributed by atoms with van der Waals surface area (Å²) in [5, 5.41) is 0. The molecule has 2 aromatic carbocycles. The number of benzene rings is 2. The van der Waals surface area contributed by atoms with E-state index in [-0.39, 0.29) is 30.4 Å². The van der Waals surface area contributed by atoms with Gasteiger partial charge in [0.2, 0.25) is 5.95 Å². The first-order valence-corrected chi connectivity index (χ1v) is 10.2. The Morgan fingerprint density at radius 1 is 1.00 bits per heavy atom. The zero-order chi connectivity index (χ0) is 25.5. The van der Waals surface area contributed by atoms with E-state index in [4.69, 9.17) is 4.74 Å². The van der Waals surface area contributed by atoms with Gasteiger partial charge in [-0.05, 0) is 30.7 Å². The third-order valence-corrected chi connectivity index (χ3v) is 5.20. The van der Waals surface area contributed by atoms with Gasteiger partial charge in [0.25, 0.3) is 5.56 Å². The minimum absolute atomic E-state index is 0.145. The number of ether oxygens (including phenoxy) is 1. The van der Waals surface area contributed by atoms with Crippen molar-refractivity contribution in [3.05, 3.63) is 81.1 Å². The molecule has 12 heteroatoms. The van der Waals surface area contributed by atoms with E-state index >= 15 is 0 Å². The summed E-state index contributed by atoms with van der Waals surface area (Å²) in [7, 11) is 0. The molecule has 0 saturated carbocycles. The van der Waals surface area contributed by atoms with Crippen LogP contribution in [0.3, 0.4) is 0 Å². The first-order chi connectivity index (χ1) is 16.4. The summed E-state index contributed by atoms with van der Waals surface area (Å²) in [6, 6.07) is 8.29. The van der Waals surface area contributed by atoms with Gasteiger partial charge in [-0.3, -0.25) is 9.36 Å². The number of aromatic nitrogens is 2. The molecule has 1 aliphatic rings. The summed E-state index contributed by atoms with van der Waals surface area (Å²) in [6.45, 7) is 1.07. The van der Waals surface area contributed by atoms with Crippen LogP contribution in [0.4, 0.5) is 32.3 Å². The van der Waals surface area contributed by atoms with E-state index in [2.05, 4.69) is 9.98 Å². The van der Waals surface area contributed by atoms with E-state index in [1.807, 2.05) is 0 Å². The van der Waals surface area contributed by atoms with Crippen LogP contribution in [0.25, 0.3) is 11.3 Å². The van der Waals surface area contributed by atoms with Crippen LogP contribution in [0.15, 0.2) is 58.3 Å². The third-order valence-electron chi connectivity index (χ3n) is 5.20. The zero-order valence-electron chi connectivity index (χ0n) is 17.9. The fraction of sp³-hybridized carbons (Fsp3) is 0.217. The highest BCUT2D eigenvalue weighted by atomic mass is 19.4. The van der Waals surface area contributed by atoms with Gasteiger partial charge in [-0.2, -0.15) is 26.3 Å². The van der Waals surface area contributed by atoms with Crippen molar-refractivity contribution in [2.24, 2.45) is 4.99 Å². The van der Waals surface area contributed by atoms with E-state index in [0.717, 1.165) is 47.0 Å². The van der Waals surface area contributed by atoms with Crippen LogP contribution in [0.1, 0.15) is 34.0 Å². The molecule has 0 spiro atoms. The van der Waals surface area contributed by atoms with E-state index in [1.165, 1.54) is 13.0 Å².